The lowest BCUT2D eigenvalue weighted by atomic mass is 10.5. The maximum atomic E-state index is 8.67. The summed E-state index contributed by atoms with van der Waals surface area (Å²) in [5, 5.41) is 8.67. The van der Waals surface area contributed by atoms with Crippen molar-refractivity contribution in [3.8, 4) is 5.75 Å². The van der Waals surface area contributed by atoms with Crippen molar-refractivity contribution in [2.24, 2.45) is 0 Å². The molecule has 0 unspecified atom stereocenters. The fourth-order valence-electron chi connectivity index (χ4n) is 0.332. The second-order valence-electron chi connectivity index (χ2n) is 1.29. The average molecular weight is 111 g/mol. The molecule has 0 saturated carbocycles. The molecule has 42 valence electrons. The summed E-state index contributed by atoms with van der Waals surface area (Å²) >= 11 is 0. The van der Waals surface area contributed by atoms with Crippen LogP contribution in [0.3, 0.4) is 0 Å². The van der Waals surface area contributed by atoms with Crippen LogP contribution in [0.4, 0.5) is 5.82 Å². The van der Waals surface area contributed by atoms with Crippen LogP contribution in [0, 0.1) is 0 Å². The van der Waals surface area contributed by atoms with Gasteiger partial charge >= 0.3 is 0 Å². The zero-order chi connectivity index (χ0) is 5.98. The monoisotopic (exact) mass is 111 g/mol. The fraction of sp³-hybridized carbons (Fsp3) is 0. The molecule has 8 heavy (non-hydrogen) atoms. The molecule has 1 aromatic rings. The van der Waals surface area contributed by atoms with Gasteiger partial charge < -0.3 is 10.8 Å². The lowest BCUT2D eigenvalue weighted by Gasteiger charge is -1.90. The SMILES string of the molecule is Nc1ncncc1O. The predicted octanol–water partition coefficient (Wildman–Crippen LogP) is -0.236. The van der Waals surface area contributed by atoms with Crippen LogP contribution in [0.1, 0.15) is 0 Å². The molecule has 1 aromatic heterocycles. The molecule has 0 atom stereocenters. The standard InChI is InChI=1S/C4H5N3O/c5-4-3(8)1-6-2-7-4/h1-2,8H,(H2,5,6,7). The molecule has 0 spiro atoms. The molecule has 4 nitrogen and oxygen atoms in total. The highest BCUT2D eigenvalue weighted by Crippen LogP contribution is 2.10. The average Bonchev–Trinajstić information content (AvgIpc) is 1.77. The van der Waals surface area contributed by atoms with Crippen molar-refractivity contribution in [2.75, 3.05) is 5.73 Å². The number of rotatable bonds is 0. The largest absolute Gasteiger partial charge is 0.503 e. The van der Waals surface area contributed by atoms with Gasteiger partial charge in [-0.05, 0) is 0 Å². The number of anilines is 1. The quantitative estimate of drug-likeness (QED) is 0.484. The van der Waals surface area contributed by atoms with E-state index in [1.54, 1.807) is 0 Å². The van der Waals surface area contributed by atoms with E-state index in [9.17, 15) is 0 Å². The minimum absolute atomic E-state index is 0.0764. The third-order valence-corrected chi connectivity index (χ3v) is 0.723. The molecule has 0 radical (unpaired) electrons. The summed E-state index contributed by atoms with van der Waals surface area (Å²) in [7, 11) is 0. The molecule has 0 saturated heterocycles. The van der Waals surface area contributed by atoms with Crippen molar-refractivity contribution in [3.63, 3.8) is 0 Å². The van der Waals surface area contributed by atoms with Crippen LogP contribution < -0.4 is 5.73 Å². The summed E-state index contributed by atoms with van der Waals surface area (Å²) in [6.07, 6.45) is 2.51. The summed E-state index contributed by atoms with van der Waals surface area (Å²) in [5.41, 5.74) is 5.12. The van der Waals surface area contributed by atoms with Gasteiger partial charge in [0.05, 0.1) is 6.20 Å². The number of hydrogen-bond donors (Lipinski definition) is 2. The van der Waals surface area contributed by atoms with Gasteiger partial charge in [-0.2, -0.15) is 0 Å². The first-order valence-electron chi connectivity index (χ1n) is 2.05. The molecule has 0 bridgehead atoms. The van der Waals surface area contributed by atoms with Crippen molar-refractivity contribution < 1.29 is 5.11 Å². The molecule has 0 aliphatic carbocycles. The van der Waals surface area contributed by atoms with Crippen molar-refractivity contribution in [2.45, 2.75) is 0 Å². The topological polar surface area (TPSA) is 72.0 Å². The Hall–Kier alpha value is -1.32. The van der Waals surface area contributed by atoms with E-state index >= 15 is 0 Å². The van der Waals surface area contributed by atoms with Gasteiger partial charge in [0.2, 0.25) is 0 Å². The Bertz CT molecular complexity index is 167. The van der Waals surface area contributed by atoms with Crippen LogP contribution in [-0.2, 0) is 0 Å². The Morgan fingerprint density at radius 3 is 2.75 bits per heavy atom. The second kappa shape index (κ2) is 1.65. The van der Waals surface area contributed by atoms with E-state index in [0.717, 1.165) is 0 Å². The Kier molecular flexibility index (Phi) is 0.997. The molecular formula is C4H5N3O. The van der Waals surface area contributed by atoms with Crippen LogP contribution in [0.15, 0.2) is 12.5 Å². The number of hydrogen-bond acceptors (Lipinski definition) is 4. The number of nitrogens with two attached hydrogens (primary N) is 1. The van der Waals surface area contributed by atoms with Crippen molar-refractivity contribution in [1.29, 1.82) is 0 Å². The van der Waals surface area contributed by atoms with Crippen LogP contribution in [0.5, 0.6) is 5.75 Å². The second-order valence-corrected chi connectivity index (χ2v) is 1.29. The molecule has 1 rings (SSSR count). The number of aromatic nitrogens is 2. The molecule has 0 aromatic carbocycles. The Morgan fingerprint density at radius 1 is 1.62 bits per heavy atom. The van der Waals surface area contributed by atoms with Crippen LogP contribution in [-0.4, -0.2) is 15.1 Å². The molecule has 0 amide bonds. The summed E-state index contributed by atoms with van der Waals surface area (Å²) in [6.45, 7) is 0. The van der Waals surface area contributed by atoms with E-state index in [2.05, 4.69) is 9.97 Å². The number of aromatic hydroxyl groups is 1. The van der Waals surface area contributed by atoms with E-state index in [4.69, 9.17) is 10.8 Å². The van der Waals surface area contributed by atoms with Crippen molar-refractivity contribution >= 4 is 5.82 Å². The predicted molar refractivity (Wildman–Crippen MR) is 28.1 cm³/mol. The van der Waals surface area contributed by atoms with Crippen LogP contribution in [0.25, 0.3) is 0 Å². The normalized spacial score (nSPS) is 9.00. The fourth-order valence-corrected chi connectivity index (χ4v) is 0.332. The van der Waals surface area contributed by atoms with E-state index in [-0.39, 0.29) is 11.6 Å². The van der Waals surface area contributed by atoms with Gasteiger partial charge in [0.25, 0.3) is 0 Å². The zero-order valence-corrected chi connectivity index (χ0v) is 4.07. The van der Waals surface area contributed by atoms with Gasteiger partial charge in [-0.25, -0.2) is 9.97 Å². The van der Waals surface area contributed by atoms with Crippen molar-refractivity contribution in [1.82, 2.24) is 9.97 Å². The lowest BCUT2D eigenvalue weighted by Crippen LogP contribution is -1.89. The molecule has 0 aliphatic rings. The minimum atomic E-state index is -0.0764. The maximum Gasteiger partial charge on any atom is 0.176 e. The van der Waals surface area contributed by atoms with E-state index in [1.165, 1.54) is 12.5 Å². The molecular weight excluding hydrogens is 106 g/mol. The lowest BCUT2D eigenvalue weighted by molar-refractivity contribution is 0.473. The van der Waals surface area contributed by atoms with Gasteiger partial charge in [-0.15, -0.1) is 0 Å². The van der Waals surface area contributed by atoms with Crippen LogP contribution >= 0.6 is 0 Å². The van der Waals surface area contributed by atoms with Crippen molar-refractivity contribution in [3.05, 3.63) is 12.5 Å². The Labute approximate surface area is 46.0 Å². The zero-order valence-electron chi connectivity index (χ0n) is 4.07. The van der Waals surface area contributed by atoms with Crippen LogP contribution in [0.2, 0.25) is 0 Å². The molecule has 3 N–H and O–H groups in total. The first-order valence-corrected chi connectivity index (χ1v) is 2.05. The Morgan fingerprint density at radius 2 is 2.38 bits per heavy atom. The molecule has 1 heterocycles. The highest BCUT2D eigenvalue weighted by atomic mass is 16.3. The first kappa shape index (κ1) is 4.83. The minimum Gasteiger partial charge on any atom is -0.503 e. The van der Waals surface area contributed by atoms with Gasteiger partial charge in [-0.1, -0.05) is 0 Å². The molecule has 0 aliphatic heterocycles. The summed E-state index contributed by atoms with van der Waals surface area (Å²) in [6, 6.07) is 0. The molecule has 4 heteroatoms. The number of nitrogens with zero attached hydrogens (tertiary/aromatic N) is 2. The van der Waals surface area contributed by atoms with Gasteiger partial charge in [0.1, 0.15) is 6.33 Å². The van der Waals surface area contributed by atoms with Gasteiger partial charge in [0, 0.05) is 0 Å². The molecule has 0 fully saturated rings. The Balaban J connectivity index is 3.13. The summed E-state index contributed by atoms with van der Waals surface area (Å²) < 4.78 is 0. The van der Waals surface area contributed by atoms with Gasteiger partial charge in [-0.3, -0.25) is 0 Å². The highest BCUT2D eigenvalue weighted by Gasteiger charge is 1.90. The summed E-state index contributed by atoms with van der Waals surface area (Å²) in [4.78, 5) is 7.00. The van der Waals surface area contributed by atoms with E-state index in [1.807, 2.05) is 0 Å². The third kappa shape index (κ3) is 0.676. The summed E-state index contributed by atoms with van der Waals surface area (Å²) in [5.74, 6) is 0.0347. The first-order chi connectivity index (χ1) is 3.80. The third-order valence-electron chi connectivity index (χ3n) is 0.723. The smallest absolute Gasteiger partial charge is 0.176 e. The van der Waals surface area contributed by atoms with Gasteiger partial charge in [0.15, 0.2) is 11.6 Å². The van der Waals surface area contributed by atoms with E-state index < -0.39 is 0 Å². The maximum absolute atomic E-state index is 8.67. The highest BCUT2D eigenvalue weighted by molar-refractivity contribution is 5.40. The number of nitrogen functional groups attached to an aromatic ring is 1. The van der Waals surface area contributed by atoms with E-state index in [0.29, 0.717) is 0 Å².